The fraction of sp³-hybridized carbons (Fsp3) is 0.158. The number of aryl methyl sites for hydroxylation is 1. The lowest BCUT2D eigenvalue weighted by Gasteiger charge is -2.29. The van der Waals surface area contributed by atoms with Crippen molar-refractivity contribution in [2.45, 2.75) is 19.9 Å². The van der Waals surface area contributed by atoms with E-state index in [0.717, 1.165) is 5.56 Å². The van der Waals surface area contributed by atoms with Crippen molar-refractivity contribution in [1.82, 2.24) is 10.6 Å². The van der Waals surface area contributed by atoms with Crippen molar-refractivity contribution in [1.29, 1.82) is 0 Å². The Morgan fingerprint density at radius 1 is 1.19 bits per heavy atom. The Kier molecular flexibility index (Phi) is 4.99. The molecule has 6 nitrogen and oxygen atoms in total. The summed E-state index contributed by atoms with van der Waals surface area (Å²) in [6.45, 7) is 3.60. The summed E-state index contributed by atoms with van der Waals surface area (Å²) in [5.74, 6) is -0.223. The Morgan fingerprint density at radius 2 is 1.92 bits per heavy atom. The molecule has 0 radical (unpaired) electrons. The molecule has 0 bridgehead atoms. The lowest BCUT2D eigenvalue weighted by molar-refractivity contribution is -0.113. The number of benzene rings is 2. The minimum absolute atomic E-state index is 0.0839. The van der Waals surface area contributed by atoms with Gasteiger partial charge in [-0.15, -0.1) is 0 Å². The number of rotatable bonds is 3. The van der Waals surface area contributed by atoms with Gasteiger partial charge in [0.1, 0.15) is 5.75 Å². The molecule has 1 aliphatic rings. The molecule has 1 atom stereocenters. The zero-order valence-electron chi connectivity index (χ0n) is 14.3. The minimum atomic E-state index is -0.635. The molecule has 0 saturated heterocycles. The van der Waals surface area contributed by atoms with E-state index < -0.39 is 6.04 Å². The number of anilines is 1. The van der Waals surface area contributed by atoms with Crippen LogP contribution in [0.1, 0.15) is 24.1 Å². The fourth-order valence-electron chi connectivity index (χ4n) is 2.85. The van der Waals surface area contributed by atoms with Crippen molar-refractivity contribution >= 4 is 33.6 Å². The number of carbonyl (C=O) groups excluding carboxylic acids is 2. The van der Waals surface area contributed by atoms with E-state index in [2.05, 4.69) is 31.9 Å². The number of phenolic OH excluding ortho intramolecular Hbond substituents is 1. The van der Waals surface area contributed by atoms with E-state index in [-0.39, 0.29) is 17.7 Å². The Morgan fingerprint density at radius 3 is 2.62 bits per heavy atom. The van der Waals surface area contributed by atoms with Gasteiger partial charge in [-0.05, 0) is 59.1 Å². The van der Waals surface area contributed by atoms with Crippen LogP contribution in [0.4, 0.5) is 10.5 Å². The number of para-hydroxylation sites is 1. The van der Waals surface area contributed by atoms with Crippen LogP contribution in [0.25, 0.3) is 0 Å². The second-order valence-electron chi connectivity index (χ2n) is 6.05. The molecule has 0 aliphatic carbocycles. The Bertz CT molecular complexity index is 924. The molecule has 26 heavy (non-hydrogen) atoms. The van der Waals surface area contributed by atoms with Gasteiger partial charge in [-0.2, -0.15) is 0 Å². The number of phenols is 1. The number of nitrogens with one attached hydrogen (secondary N) is 3. The van der Waals surface area contributed by atoms with E-state index in [1.165, 1.54) is 6.07 Å². The monoisotopic (exact) mass is 415 g/mol. The number of carbonyl (C=O) groups is 2. The second kappa shape index (κ2) is 7.21. The van der Waals surface area contributed by atoms with Crippen LogP contribution in [-0.4, -0.2) is 17.0 Å². The lowest BCUT2D eigenvalue weighted by Crippen LogP contribution is -2.46. The first-order valence-corrected chi connectivity index (χ1v) is 8.80. The van der Waals surface area contributed by atoms with Crippen LogP contribution in [-0.2, 0) is 4.79 Å². The number of halogens is 1. The summed E-state index contributed by atoms with van der Waals surface area (Å²) in [7, 11) is 0. The number of hydrogen-bond acceptors (Lipinski definition) is 3. The van der Waals surface area contributed by atoms with Crippen molar-refractivity contribution in [3.63, 3.8) is 0 Å². The Balaban J connectivity index is 1.99. The van der Waals surface area contributed by atoms with Crippen LogP contribution in [0.2, 0.25) is 0 Å². The molecule has 4 N–H and O–H groups in total. The third-order valence-corrected chi connectivity index (χ3v) is 4.85. The highest BCUT2D eigenvalue weighted by atomic mass is 79.9. The SMILES string of the molecule is CC1=C(C(=O)Nc2ccccc2C)C(c2ccc(O)c(Br)c2)NC(=O)N1. The number of amides is 3. The predicted octanol–water partition coefficient (Wildman–Crippen LogP) is 3.73. The summed E-state index contributed by atoms with van der Waals surface area (Å²) in [4.78, 5) is 24.9. The van der Waals surface area contributed by atoms with Gasteiger partial charge in [-0.1, -0.05) is 24.3 Å². The van der Waals surface area contributed by atoms with Gasteiger partial charge in [0.05, 0.1) is 16.1 Å². The molecular weight excluding hydrogens is 398 g/mol. The van der Waals surface area contributed by atoms with Gasteiger partial charge in [0.25, 0.3) is 5.91 Å². The topological polar surface area (TPSA) is 90.5 Å². The molecule has 2 aromatic rings. The molecule has 7 heteroatoms. The number of aromatic hydroxyl groups is 1. The van der Waals surface area contributed by atoms with Crippen molar-refractivity contribution in [3.05, 3.63) is 69.3 Å². The normalized spacial score (nSPS) is 16.7. The van der Waals surface area contributed by atoms with Crippen LogP contribution >= 0.6 is 15.9 Å². The number of allylic oxidation sites excluding steroid dienone is 1. The molecule has 0 fully saturated rings. The Hall–Kier alpha value is -2.80. The summed E-state index contributed by atoms with van der Waals surface area (Å²) >= 11 is 3.27. The van der Waals surface area contributed by atoms with Crippen molar-refractivity contribution in [2.75, 3.05) is 5.32 Å². The molecular formula is C19H18BrN3O3. The maximum atomic E-state index is 13.0. The van der Waals surface area contributed by atoms with E-state index in [9.17, 15) is 14.7 Å². The molecule has 1 aliphatic heterocycles. The molecule has 3 amide bonds. The predicted molar refractivity (Wildman–Crippen MR) is 103 cm³/mol. The highest BCUT2D eigenvalue weighted by Crippen LogP contribution is 2.32. The molecule has 3 rings (SSSR count). The largest absolute Gasteiger partial charge is 0.507 e. The molecule has 0 aromatic heterocycles. The first kappa shape index (κ1) is 18.0. The van der Waals surface area contributed by atoms with E-state index in [0.29, 0.717) is 27.0 Å². The van der Waals surface area contributed by atoms with Gasteiger partial charge in [0, 0.05) is 11.4 Å². The van der Waals surface area contributed by atoms with Gasteiger partial charge in [0.15, 0.2) is 0 Å². The summed E-state index contributed by atoms with van der Waals surface area (Å²) in [5.41, 5.74) is 3.22. The highest BCUT2D eigenvalue weighted by molar-refractivity contribution is 9.10. The Labute approximate surface area is 159 Å². The van der Waals surface area contributed by atoms with Crippen LogP contribution in [0.5, 0.6) is 5.75 Å². The molecule has 1 unspecified atom stereocenters. The fourth-order valence-corrected chi connectivity index (χ4v) is 3.25. The zero-order chi connectivity index (χ0) is 18.8. The van der Waals surface area contributed by atoms with E-state index in [1.807, 2.05) is 31.2 Å². The van der Waals surface area contributed by atoms with Crippen LogP contribution in [0.15, 0.2) is 58.2 Å². The van der Waals surface area contributed by atoms with E-state index >= 15 is 0 Å². The van der Waals surface area contributed by atoms with Gasteiger partial charge in [-0.3, -0.25) is 4.79 Å². The van der Waals surface area contributed by atoms with Crippen molar-refractivity contribution in [3.8, 4) is 5.75 Å². The minimum Gasteiger partial charge on any atom is -0.507 e. The third-order valence-electron chi connectivity index (χ3n) is 4.21. The molecule has 0 spiro atoms. The maximum Gasteiger partial charge on any atom is 0.319 e. The van der Waals surface area contributed by atoms with Crippen LogP contribution < -0.4 is 16.0 Å². The maximum absolute atomic E-state index is 13.0. The van der Waals surface area contributed by atoms with E-state index in [1.54, 1.807) is 19.1 Å². The van der Waals surface area contributed by atoms with Crippen LogP contribution in [0, 0.1) is 6.92 Å². The molecule has 2 aromatic carbocycles. The van der Waals surface area contributed by atoms with Crippen molar-refractivity contribution < 1.29 is 14.7 Å². The van der Waals surface area contributed by atoms with Gasteiger partial charge < -0.3 is 21.1 Å². The van der Waals surface area contributed by atoms with Crippen LogP contribution in [0.3, 0.4) is 0 Å². The second-order valence-corrected chi connectivity index (χ2v) is 6.90. The zero-order valence-corrected chi connectivity index (χ0v) is 15.8. The highest BCUT2D eigenvalue weighted by Gasteiger charge is 2.31. The average molecular weight is 416 g/mol. The van der Waals surface area contributed by atoms with Gasteiger partial charge in [0.2, 0.25) is 0 Å². The van der Waals surface area contributed by atoms with Gasteiger partial charge >= 0.3 is 6.03 Å². The standard InChI is InChI=1S/C19H18BrN3O3/c1-10-5-3-4-6-14(10)22-18(25)16-11(2)21-19(26)23-17(16)12-7-8-15(24)13(20)9-12/h3-9,17,24H,1-2H3,(H,22,25)(H2,21,23,26). The molecule has 0 saturated carbocycles. The summed E-state index contributed by atoms with van der Waals surface area (Å²) < 4.78 is 0.485. The average Bonchev–Trinajstić information content (AvgIpc) is 2.58. The quantitative estimate of drug-likeness (QED) is 0.615. The molecule has 1 heterocycles. The van der Waals surface area contributed by atoms with E-state index in [4.69, 9.17) is 0 Å². The van der Waals surface area contributed by atoms with Crippen molar-refractivity contribution in [2.24, 2.45) is 0 Å². The first-order valence-electron chi connectivity index (χ1n) is 8.00. The third kappa shape index (κ3) is 3.57. The summed E-state index contributed by atoms with van der Waals surface area (Å²) in [6, 6.07) is 11.3. The summed E-state index contributed by atoms with van der Waals surface area (Å²) in [5, 5.41) is 18.0. The summed E-state index contributed by atoms with van der Waals surface area (Å²) in [6.07, 6.45) is 0. The lowest BCUT2D eigenvalue weighted by atomic mass is 9.94. The smallest absolute Gasteiger partial charge is 0.319 e. The molecule has 134 valence electrons. The number of urea groups is 1. The number of hydrogen-bond donors (Lipinski definition) is 4. The first-order chi connectivity index (χ1) is 12.4. The van der Waals surface area contributed by atoms with Gasteiger partial charge in [-0.25, -0.2) is 4.79 Å².